The van der Waals surface area contributed by atoms with Crippen molar-refractivity contribution in [2.24, 2.45) is 0 Å². The van der Waals surface area contributed by atoms with Gasteiger partial charge >= 0.3 is 6.61 Å². The van der Waals surface area contributed by atoms with E-state index in [1.165, 1.54) is 40.7 Å². The van der Waals surface area contributed by atoms with Gasteiger partial charge in [0.05, 0.1) is 21.8 Å². The Morgan fingerprint density at radius 3 is 2.30 bits per heavy atom. The minimum atomic E-state index is -3.75. The van der Waals surface area contributed by atoms with Gasteiger partial charge in [0, 0.05) is 27.2 Å². The third kappa shape index (κ3) is 5.25. The molecule has 2 rings (SSSR count). The lowest BCUT2D eigenvalue weighted by Crippen LogP contribution is -2.30. The number of para-hydroxylation sites is 1. The van der Waals surface area contributed by atoms with Gasteiger partial charge in [-0.05, 0) is 30.3 Å². The van der Waals surface area contributed by atoms with Crippen molar-refractivity contribution in [3.63, 3.8) is 0 Å². The third-order valence-electron chi connectivity index (χ3n) is 4.39. The van der Waals surface area contributed by atoms with Crippen LogP contribution in [-0.4, -0.2) is 52.4 Å². The molecule has 0 aromatic heterocycles. The molecule has 0 radical (unpaired) electrons. The Labute approximate surface area is 175 Å². The first-order valence-corrected chi connectivity index (χ1v) is 10.7. The smallest absolute Gasteiger partial charge is 0.387 e. The second-order valence-electron chi connectivity index (χ2n) is 6.49. The number of benzene rings is 2. The van der Waals surface area contributed by atoms with Gasteiger partial charge in [0.25, 0.3) is 5.91 Å². The van der Waals surface area contributed by atoms with Gasteiger partial charge in [-0.15, -0.1) is 0 Å². The highest BCUT2D eigenvalue weighted by molar-refractivity contribution is 7.89. The van der Waals surface area contributed by atoms with E-state index in [1.807, 2.05) is 0 Å². The quantitative estimate of drug-likeness (QED) is 0.643. The number of nitrogens with zero attached hydrogens (tertiary/aromatic N) is 2. The van der Waals surface area contributed by atoms with Crippen LogP contribution in [0.15, 0.2) is 47.4 Å². The van der Waals surface area contributed by atoms with Crippen LogP contribution in [0.3, 0.4) is 0 Å². The molecule has 0 saturated heterocycles. The zero-order valence-corrected chi connectivity index (χ0v) is 18.0. The molecule has 2 aromatic carbocycles. The van der Waals surface area contributed by atoms with E-state index in [1.54, 1.807) is 38.9 Å². The molecule has 164 valence electrons. The Kier molecular flexibility index (Phi) is 7.74. The molecule has 0 saturated carbocycles. The number of hydrogen-bond donors (Lipinski definition) is 1. The highest BCUT2D eigenvalue weighted by Gasteiger charge is 2.24. The second-order valence-corrected chi connectivity index (χ2v) is 8.43. The fourth-order valence-corrected chi connectivity index (χ4v) is 4.41. The number of sulfonamides is 1. The van der Waals surface area contributed by atoms with Crippen LogP contribution in [0.25, 0.3) is 0 Å². The molecule has 0 fully saturated rings. The van der Waals surface area contributed by atoms with Crippen molar-refractivity contribution in [1.29, 1.82) is 0 Å². The van der Waals surface area contributed by atoms with E-state index in [0.29, 0.717) is 18.8 Å². The Morgan fingerprint density at radius 2 is 1.73 bits per heavy atom. The Balaban J connectivity index is 2.47. The standard InChI is InChI=1S/C20H25F2N3O4S/c1-5-25(6-2)30(27,28)14-11-12-17(24(3)4)16(13-14)23-19(26)15-9-7-8-10-18(15)29-20(21)22/h7-13,20H,5-6H2,1-4H3,(H,23,26). The number of halogens is 2. The van der Waals surface area contributed by atoms with Crippen LogP contribution >= 0.6 is 0 Å². The summed E-state index contributed by atoms with van der Waals surface area (Å²) >= 11 is 0. The first kappa shape index (κ1) is 23.6. The molecule has 0 atom stereocenters. The van der Waals surface area contributed by atoms with E-state index in [2.05, 4.69) is 10.1 Å². The average Bonchev–Trinajstić information content (AvgIpc) is 2.68. The van der Waals surface area contributed by atoms with Crippen molar-refractivity contribution in [1.82, 2.24) is 4.31 Å². The molecule has 0 spiro atoms. The topological polar surface area (TPSA) is 79.0 Å². The van der Waals surface area contributed by atoms with Gasteiger partial charge in [-0.1, -0.05) is 26.0 Å². The summed E-state index contributed by atoms with van der Waals surface area (Å²) in [6.07, 6.45) is 0. The molecule has 1 amide bonds. The number of carbonyl (C=O) groups excluding carboxylic acids is 1. The van der Waals surface area contributed by atoms with E-state index >= 15 is 0 Å². The molecule has 10 heteroatoms. The number of rotatable bonds is 9. The first-order chi connectivity index (χ1) is 14.1. The van der Waals surface area contributed by atoms with Gasteiger partial charge in [0.1, 0.15) is 5.75 Å². The second kappa shape index (κ2) is 9.86. The monoisotopic (exact) mass is 441 g/mol. The van der Waals surface area contributed by atoms with Gasteiger partial charge in [-0.25, -0.2) is 8.42 Å². The molecule has 30 heavy (non-hydrogen) atoms. The molecule has 1 N–H and O–H groups in total. The predicted molar refractivity (Wildman–Crippen MR) is 112 cm³/mol. The normalized spacial score (nSPS) is 11.6. The summed E-state index contributed by atoms with van der Waals surface area (Å²) in [5.74, 6) is -0.977. The number of carbonyl (C=O) groups is 1. The lowest BCUT2D eigenvalue weighted by atomic mass is 10.1. The van der Waals surface area contributed by atoms with E-state index in [0.717, 1.165) is 0 Å². The fourth-order valence-electron chi connectivity index (χ4n) is 2.92. The van der Waals surface area contributed by atoms with Gasteiger partial charge in [0.15, 0.2) is 0 Å². The molecule has 0 aliphatic rings. The van der Waals surface area contributed by atoms with Crippen molar-refractivity contribution in [2.75, 3.05) is 37.4 Å². The van der Waals surface area contributed by atoms with Crippen LogP contribution in [0, 0.1) is 0 Å². The Bertz CT molecular complexity index is 993. The number of hydrogen-bond acceptors (Lipinski definition) is 5. The summed E-state index contributed by atoms with van der Waals surface area (Å²) in [5, 5.41) is 2.62. The molecule has 2 aromatic rings. The van der Waals surface area contributed by atoms with E-state index in [4.69, 9.17) is 0 Å². The highest BCUT2D eigenvalue weighted by atomic mass is 32.2. The lowest BCUT2D eigenvalue weighted by molar-refractivity contribution is -0.0501. The molecule has 7 nitrogen and oxygen atoms in total. The van der Waals surface area contributed by atoms with Crippen molar-refractivity contribution >= 4 is 27.3 Å². The SMILES string of the molecule is CCN(CC)S(=O)(=O)c1ccc(N(C)C)c(NC(=O)c2ccccc2OC(F)F)c1. The summed E-state index contributed by atoms with van der Waals surface area (Å²) in [4.78, 5) is 14.5. The fraction of sp³-hybridized carbons (Fsp3) is 0.350. The zero-order chi connectivity index (χ0) is 22.5. The summed E-state index contributed by atoms with van der Waals surface area (Å²) < 4.78 is 56.7. The van der Waals surface area contributed by atoms with Gasteiger partial charge in [-0.2, -0.15) is 13.1 Å². The van der Waals surface area contributed by atoms with Crippen LogP contribution in [-0.2, 0) is 10.0 Å². The van der Waals surface area contributed by atoms with Crippen molar-refractivity contribution in [3.05, 3.63) is 48.0 Å². The number of amides is 1. The number of alkyl halides is 2. The maximum atomic E-state index is 12.9. The van der Waals surface area contributed by atoms with Crippen molar-refractivity contribution in [3.8, 4) is 5.75 Å². The molecule has 0 unspecified atom stereocenters. The summed E-state index contributed by atoms with van der Waals surface area (Å²) in [5.41, 5.74) is 0.679. The molecule has 0 heterocycles. The molecular formula is C20H25F2N3O4S. The first-order valence-electron chi connectivity index (χ1n) is 9.28. The Hall–Kier alpha value is -2.72. The van der Waals surface area contributed by atoms with Crippen LogP contribution in [0.5, 0.6) is 5.75 Å². The average molecular weight is 442 g/mol. The van der Waals surface area contributed by atoms with Gasteiger partial charge in [0.2, 0.25) is 10.0 Å². The summed E-state index contributed by atoms with van der Waals surface area (Å²) in [7, 11) is -0.284. The Morgan fingerprint density at radius 1 is 1.10 bits per heavy atom. The van der Waals surface area contributed by atoms with Crippen molar-refractivity contribution in [2.45, 2.75) is 25.4 Å². The molecule has 0 bridgehead atoms. The van der Waals surface area contributed by atoms with Gasteiger partial charge < -0.3 is 15.0 Å². The highest BCUT2D eigenvalue weighted by Crippen LogP contribution is 2.30. The van der Waals surface area contributed by atoms with Crippen LogP contribution in [0.2, 0.25) is 0 Å². The van der Waals surface area contributed by atoms with Crippen molar-refractivity contribution < 1.29 is 26.7 Å². The van der Waals surface area contributed by atoms with Crippen LogP contribution in [0.4, 0.5) is 20.2 Å². The van der Waals surface area contributed by atoms with Gasteiger partial charge in [-0.3, -0.25) is 4.79 Å². The number of nitrogens with one attached hydrogen (secondary N) is 1. The summed E-state index contributed by atoms with van der Waals surface area (Å²) in [6, 6.07) is 9.99. The largest absolute Gasteiger partial charge is 0.434 e. The van der Waals surface area contributed by atoms with E-state index in [9.17, 15) is 22.0 Å². The maximum Gasteiger partial charge on any atom is 0.387 e. The zero-order valence-electron chi connectivity index (χ0n) is 17.2. The minimum Gasteiger partial charge on any atom is -0.434 e. The predicted octanol–water partition coefficient (Wildman–Crippen LogP) is 3.64. The van der Waals surface area contributed by atoms with E-state index < -0.39 is 22.5 Å². The molecule has 0 aliphatic carbocycles. The van der Waals surface area contributed by atoms with Crippen LogP contribution < -0.4 is 15.0 Å². The molecular weight excluding hydrogens is 416 g/mol. The number of anilines is 2. The van der Waals surface area contributed by atoms with E-state index in [-0.39, 0.29) is 21.9 Å². The maximum absolute atomic E-state index is 12.9. The minimum absolute atomic E-state index is 0.0178. The molecule has 0 aliphatic heterocycles. The van der Waals surface area contributed by atoms with Crippen LogP contribution in [0.1, 0.15) is 24.2 Å². The lowest BCUT2D eigenvalue weighted by Gasteiger charge is -2.22. The summed E-state index contributed by atoms with van der Waals surface area (Å²) in [6.45, 7) is 0.983. The third-order valence-corrected chi connectivity index (χ3v) is 6.43. The number of ether oxygens (including phenoxy) is 1.